The van der Waals surface area contributed by atoms with E-state index < -0.39 is 6.09 Å². The van der Waals surface area contributed by atoms with Crippen molar-refractivity contribution in [3.63, 3.8) is 0 Å². The van der Waals surface area contributed by atoms with Gasteiger partial charge in [0.15, 0.2) is 0 Å². The molecule has 23 heavy (non-hydrogen) atoms. The summed E-state index contributed by atoms with van der Waals surface area (Å²) in [5.41, 5.74) is 1.71. The molecule has 0 unspecified atom stereocenters. The van der Waals surface area contributed by atoms with Crippen molar-refractivity contribution in [2.75, 3.05) is 23.8 Å². The van der Waals surface area contributed by atoms with Crippen molar-refractivity contribution in [1.82, 2.24) is 9.97 Å². The molecular weight excluding hydrogens is 296 g/mol. The minimum atomic E-state index is -0.920. The summed E-state index contributed by atoms with van der Waals surface area (Å²) in [6, 6.07) is 7.15. The van der Waals surface area contributed by atoms with Crippen molar-refractivity contribution in [3.05, 3.63) is 36.2 Å². The third kappa shape index (κ3) is 3.33. The molecule has 1 aliphatic heterocycles. The minimum absolute atomic E-state index is 0.438. The molecule has 7 heteroatoms. The zero-order valence-corrected chi connectivity index (χ0v) is 12.8. The second kappa shape index (κ2) is 6.51. The van der Waals surface area contributed by atoms with E-state index in [1.807, 2.05) is 6.07 Å². The third-order valence-corrected chi connectivity index (χ3v) is 3.77. The van der Waals surface area contributed by atoms with Crippen LogP contribution in [0.5, 0.6) is 11.6 Å². The lowest BCUT2D eigenvalue weighted by molar-refractivity contribution is 0.202. The molecule has 1 aliphatic rings. The van der Waals surface area contributed by atoms with Crippen LogP contribution in [0.3, 0.4) is 0 Å². The number of hydrogen-bond acceptors (Lipinski definition) is 5. The van der Waals surface area contributed by atoms with Crippen LogP contribution in [-0.4, -0.2) is 34.8 Å². The van der Waals surface area contributed by atoms with Gasteiger partial charge in [0.1, 0.15) is 17.9 Å². The molecule has 0 atom stereocenters. The topological polar surface area (TPSA) is 87.6 Å². The van der Waals surface area contributed by atoms with Gasteiger partial charge >= 0.3 is 6.09 Å². The summed E-state index contributed by atoms with van der Waals surface area (Å²) in [6.45, 7) is 0.528. The first-order chi connectivity index (χ1) is 11.2. The molecule has 120 valence electrons. The molecule has 0 saturated heterocycles. The molecule has 7 nitrogen and oxygen atoms in total. The van der Waals surface area contributed by atoms with E-state index >= 15 is 0 Å². The summed E-state index contributed by atoms with van der Waals surface area (Å²) in [4.78, 5) is 20.9. The Morgan fingerprint density at radius 1 is 1.30 bits per heavy atom. The Hall–Kier alpha value is -2.83. The molecule has 0 spiro atoms. The van der Waals surface area contributed by atoms with Gasteiger partial charge in [-0.25, -0.2) is 14.8 Å². The lowest BCUT2D eigenvalue weighted by atomic mass is 10.1. The van der Waals surface area contributed by atoms with Crippen LogP contribution in [0.25, 0.3) is 0 Å². The monoisotopic (exact) mass is 314 g/mol. The number of hydrogen-bond donors (Lipinski definition) is 2. The Morgan fingerprint density at radius 3 is 2.96 bits per heavy atom. The number of aryl methyl sites for hydroxylation is 1. The fourth-order valence-electron chi connectivity index (χ4n) is 2.65. The number of aromatic nitrogens is 2. The van der Waals surface area contributed by atoms with Crippen molar-refractivity contribution in [1.29, 1.82) is 0 Å². The lowest BCUT2D eigenvalue weighted by Gasteiger charge is -2.19. The lowest BCUT2D eigenvalue weighted by Crippen LogP contribution is -2.29. The van der Waals surface area contributed by atoms with Crippen LogP contribution in [0.4, 0.5) is 16.3 Å². The van der Waals surface area contributed by atoms with E-state index in [9.17, 15) is 9.90 Å². The Morgan fingerprint density at radius 2 is 2.17 bits per heavy atom. The van der Waals surface area contributed by atoms with Gasteiger partial charge in [-0.1, -0.05) is 0 Å². The summed E-state index contributed by atoms with van der Waals surface area (Å²) in [5.74, 6) is 1.74. The predicted molar refractivity (Wildman–Crippen MR) is 86.4 cm³/mol. The molecule has 1 amide bonds. The SMILES string of the molecule is CNc1cc(Oc2ccc3c(c2)CCCCN3C(=O)O)ncn1. The first-order valence-electron chi connectivity index (χ1n) is 7.48. The maximum Gasteiger partial charge on any atom is 0.411 e. The van der Waals surface area contributed by atoms with Crippen molar-refractivity contribution in [2.45, 2.75) is 19.3 Å². The van der Waals surface area contributed by atoms with E-state index in [0.29, 0.717) is 24.0 Å². The summed E-state index contributed by atoms with van der Waals surface area (Å²) in [7, 11) is 1.77. The number of ether oxygens (including phenoxy) is 1. The third-order valence-electron chi connectivity index (χ3n) is 3.77. The highest BCUT2D eigenvalue weighted by Crippen LogP contribution is 2.31. The van der Waals surface area contributed by atoms with E-state index in [1.54, 1.807) is 25.2 Å². The Balaban J connectivity index is 1.87. The molecule has 2 heterocycles. The highest BCUT2D eigenvalue weighted by Gasteiger charge is 2.21. The van der Waals surface area contributed by atoms with E-state index in [4.69, 9.17) is 4.74 Å². The van der Waals surface area contributed by atoms with E-state index in [-0.39, 0.29) is 0 Å². The van der Waals surface area contributed by atoms with Gasteiger partial charge in [0.2, 0.25) is 5.88 Å². The van der Waals surface area contributed by atoms with Gasteiger partial charge in [0.25, 0.3) is 0 Å². The summed E-state index contributed by atoms with van der Waals surface area (Å²) in [5, 5.41) is 12.3. The maximum absolute atomic E-state index is 11.4. The van der Waals surface area contributed by atoms with Crippen LogP contribution in [0.1, 0.15) is 18.4 Å². The van der Waals surface area contributed by atoms with Crippen LogP contribution >= 0.6 is 0 Å². The molecule has 2 N–H and O–H groups in total. The second-order valence-corrected chi connectivity index (χ2v) is 5.28. The molecule has 1 aromatic carbocycles. The quantitative estimate of drug-likeness (QED) is 0.905. The van der Waals surface area contributed by atoms with Gasteiger partial charge in [-0.05, 0) is 43.0 Å². The number of rotatable bonds is 3. The molecule has 0 aliphatic carbocycles. The average molecular weight is 314 g/mol. The van der Waals surface area contributed by atoms with Gasteiger partial charge in [-0.2, -0.15) is 0 Å². The molecule has 1 aromatic heterocycles. The minimum Gasteiger partial charge on any atom is -0.465 e. The molecule has 2 aromatic rings. The van der Waals surface area contributed by atoms with Crippen LogP contribution in [0.15, 0.2) is 30.6 Å². The van der Waals surface area contributed by atoms with Crippen LogP contribution in [0.2, 0.25) is 0 Å². The normalized spacial score (nSPS) is 13.9. The number of carboxylic acid groups (broad SMARTS) is 1. The molecule has 3 rings (SSSR count). The van der Waals surface area contributed by atoms with Crippen LogP contribution in [-0.2, 0) is 6.42 Å². The summed E-state index contributed by atoms with van der Waals surface area (Å²) >= 11 is 0. The predicted octanol–water partition coefficient (Wildman–Crippen LogP) is 3.13. The number of amides is 1. The Bertz CT molecular complexity index is 720. The van der Waals surface area contributed by atoms with Crippen molar-refractivity contribution in [2.24, 2.45) is 0 Å². The Labute approximate surface area is 133 Å². The number of carbonyl (C=O) groups is 1. The summed E-state index contributed by atoms with van der Waals surface area (Å²) < 4.78 is 5.77. The number of nitrogens with one attached hydrogen (secondary N) is 1. The number of benzene rings is 1. The molecule has 0 bridgehead atoms. The van der Waals surface area contributed by atoms with E-state index in [2.05, 4.69) is 15.3 Å². The van der Waals surface area contributed by atoms with Crippen molar-refractivity contribution < 1.29 is 14.6 Å². The first kappa shape index (κ1) is 15.1. The average Bonchev–Trinajstić information content (AvgIpc) is 2.77. The smallest absolute Gasteiger partial charge is 0.411 e. The highest BCUT2D eigenvalue weighted by atomic mass is 16.5. The maximum atomic E-state index is 11.4. The fourth-order valence-corrected chi connectivity index (χ4v) is 2.65. The number of anilines is 2. The van der Waals surface area contributed by atoms with Crippen molar-refractivity contribution >= 4 is 17.6 Å². The van der Waals surface area contributed by atoms with Gasteiger partial charge in [0, 0.05) is 19.7 Å². The van der Waals surface area contributed by atoms with Crippen LogP contribution in [0, 0.1) is 0 Å². The van der Waals surface area contributed by atoms with Gasteiger partial charge in [-0.15, -0.1) is 0 Å². The van der Waals surface area contributed by atoms with Gasteiger partial charge in [-0.3, -0.25) is 4.90 Å². The summed E-state index contributed by atoms with van der Waals surface area (Å²) in [6.07, 6.45) is 3.15. The highest BCUT2D eigenvalue weighted by molar-refractivity contribution is 5.87. The first-order valence-corrected chi connectivity index (χ1v) is 7.48. The van der Waals surface area contributed by atoms with Gasteiger partial charge < -0.3 is 15.2 Å². The number of fused-ring (bicyclic) bond motifs is 1. The molecule has 0 fully saturated rings. The Kier molecular flexibility index (Phi) is 4.27. The zero-order chi connectivity index (χ0) is 16.2. The molecular formula is C16H18N4O3. The second-order valence-electron chi connectivity index (χ2n) is 5.28. The fraction of sp³-hybridized carbons (Fsp3) is 0.312. The van der Waals surface area contributed by atoms with E-state index in [0.717, 1.165) is 30.5 Å². The van der Waals surface area contributed by atoms with Crippen molar-refractivity contribution in [3.8, 4) is 11.6 Å². The zero-order valence-electron chi connectivity index (χ0n) is 12.8. The largest absolute Gasteiger partial charge is 0.465 e. The van der Waals surface area contributed by atoms with Crippen LogP contribution < -0.4 is 15.0 Å². The number of nitrogens with zero attached hydrogens (tertiary/aromatic N) is 3. The molecule has 0 radical (unpaired) electrons. The molecule has 0 saturated carbocycles. The standard InChI is InChI=1S/C16H18N4O3/c1-17-14-9-15(19-10-18-14)23-12-5-6-13-11(8-12)4-2-3-7-20(13)16(21)22/h5-6,8-10H,2-4,7H2,1H3,(H,21,22)(H,17,18,19). The van der Waals surface area contributed by atoms with E-state index in [1.165, 1.54) is 11.2 Å². The van der Waals surface area contributed by atoms with Gasteiger partial charge in [0.05, 0.1) is 5.69 Å².